The van der Waals surface area contributed by atoms with Gasteiger partial charge < -0.3 is 14.8 Å². The van der Waals surface area contributed by atoms with Crippen LogP contribution in [0, 0.1) is 0 Å². The van der Waals surface area contributed by atoms with Crippen molar-refractivity contribution in [3.63, 3.8) is 0 Å². The van der Waals surface area contributed by atoms with E-state index in [9.17, 15) is 9.59 Å². The van der Waals surface area contributed by atoms with Crippen LogP contribution in [-0.4, -0.2) is 51.4 Å². The third kappa shape index (κ3) is 3.30. The van der Waals surface area contributed by atoms with Crippen LogP contribution in [0.15, 0.2) is 36.2 Å². The second-order valence-corrected chi connectivity index (χ2v) is 7.88. The average molecular weight is 397 g/mol. The highest BCUT2D eigenvalue weighted by Crippen LogP contribution is 2.27. The van der Waals surface area contributed by atoms with Crippen LogP contribution < -0.4 is 5.32 Å². The number of hydrogen-bond acceptors (Lipinski definition) is 3. The molecule has 1 aliphatic heterocycles. The molecule has 2 heterocycles. The van der Waals surface area contributed by atoms with E-state index >= 15 is 0 Å². The third-order valence-electron chi connectivity index (χ3n) is 5.60. The molecule has 0 radical (unpaired) electrons. The second-order valence-electron chi connectivity index (χ2n) is 7.51. The summed E-state index contributed by atoms with van der Waals surface area (Å²) in [6.07, 6.45) is 8.30. The molecule has 28 heavy (non-hydrogen) atoms. The van der Waals surface area contributed by atoms with E-state index in [4.69, 9.17) is 12.2 Å². The largest absolute Gasteiger partial charge is 0.352 e. The first kappa shape index (κ1) is 18.7. The first-order chi connectivity index (χ1) is 13.5. The standard InChI is InChI=1S/C21H24N4O2S/c1-23-18(20(27)24(2)21(23)28)11-14-12-25(17-10-6-5-9-16(14)17)13-19(26)22-15-7-3-4-8-15/h5-6,9-12,15H,3-4,7-8,13H2,1-2H3,(H,22,26)/b18-11+. The highest BCUT2D eigenvalue weighted by atomic mass is 32.1. The number of carbonyl (C=O) groups excluding carboxylic acids is 2. The maximum Gasteiger partial charge on any atom is 0.276 e. The van der Waals surface area contributed by atoms with Crippen molar-refractivity contribution >= 4 is 46.1 Å². The van der Waals surface area contributed by atoms with Crippen molar-refractivity contribution in [2.45, 2.75) is 38.3 Å². The van der Waals surface area contributed by atoms with Crippen molar-refractivity contribution in [2.24, 2.45) is 0 Å². The van der Waals surface area contributed by atoms with Gasteiger partial charge in [-0.1, -0.05) is 31.0 Å². The van der Waals surface area contributed by atoms with Gasteiger partial charge in [-0.3, -0.25) is 14.5 Å². The quantitative estimate of drug-likeness (QED) is 0.638. The van der Waals surface area contributed by atoms with Crippen molar-refractivity contribution in [3.05, 3.63) is 41.7 Å². The summed E-state index contributed by atoms with van der Waals surface area (Å²) in [5.41, 5.74) is 2.41. The first-order valence-corrected chi connectivity index (χ1v) is 10.0. The van der Waals surface area contributed by atoms with Gasteiger partial charge in [0, 0.05) is 42.8 Å². The second kappa shape index (κ2) is 7.39. The zero-order valence-corrected chi connectivity index (χ0v) is 17.0. The van der Waals surface area contributed by atoms with E-state index < -0.39 is 0 Å². The molecule has 2 fully saturated rings. The van der Waals surface area contributed by atoms with Crippen molar-refractivity contribution in [1.29, 1.82) is 0 Å². The van der Waals surface area contributed by atoms with Gasteiger partial charge in [0.25, 0.3) is 5.91 Å². The zero-order chi connectivity index (χ0) is 19.8. The SMILES string of the molecule is CN1C(=O)/C(=C\c2cn(CC(=O)NC3CCCC3)c3ccccc23)N(C)C1=S. The van der Waals surface area contributed by atoms with Gasteiger partial charge in [-0.05, 0) is 37.2 Å². The van der Waals surface area contributed by atoms with Crippen LogP contribution >= 0.6 is 12.2 Å². The van der Waals surface area contributed by atoms with E-state index in [-0.39, 0.29) is 18.4 Å². The molecule has 1 aliphatic carbocycles. The smallest absolute Gasteiger partial charge is 0.276 e. The number of aromatic nitrogens is 1. The summed E-state index contributed by atoms with van der Waals surface area (Å²) in [7, 11) is 3.47. The van der Waals surface area contributed by atoms with Gasteiger partial charge in [0.15, 0.2) is 5.11 Å². The van der Waals surface area contributed by atoms with Crippen molar-refractivity contribution in [2.75, 3.05) is 14.1 Å². The van der Waals surface area contributed by atoms with E-state index in [1.165, 1.54) is 17.7 Å². The fourth-order valence-electron chi connectivity index (χ4n) is 4.06. The van der Waals surface area contributed by atoms with E-state index in [1.54, 1.807) is 19.0 Å². The molecular weight excluding hydrogens is 372 g/mol. The monoisotopic (exact) mass is 396 g/mol. The van der Waals surface area contributed by atoms with Gasteiger partial charge in [0.2, 0.25) is 5.91 Å². The van der Waals surface area contributed by atoms with Crippen LogP contribution in [0.25, 0.3) is 17.0 Å². The molecule has 0 bridgehead atoms. The molecule has 2 aliphatic rings. The van der Waals surface area contributed by atoms with Gasteiger partial charge in [-0.25, -0.2) is 0 Å². The molecule has 6 nitrogen and oxygen atoms in total. The molecule has 2 amide bonds. The molecule has 0 unspecified atom stereocenters. The highest BCUT2D eigenvalue weighted by molar-refractivity contribution is 7.80. The summed E-state index contributed by atoms with van der Waals surface area (Å²) in [5.74, 6) is -0.0925. The summed E-state index contributed by atoms with van der Waals surface area (Å²) >= 11 is 5.29. The Labute approximate surface area is 169 Å². The third-order valence-corrected chi connectivity index (χ3v) is 6.15. The van der Waals surface area contributed by atoms with Gasteiger partial charge in [0.1, 0.15) is 12.2 Å². The van der Waals surface area contributed by atoms with E-state index in [2.05, 4.69) is 5.32 Å². The van der Waals surface area contributed by atoms with Crippen molar-refractivity contribution in [3.8, 4) is 0 Å². The molecule has 4 rings (SSSR count). The molecule has 7 heteroatoms. The fourth-order valence-corrected chi connectivity index (χ4v) is 4.24. The summed E-state index contributed by atoms with van der Waals surface area (Å²) in [5, 5.41) is 4.63. The molecule has 146 valence electrons. The zero-order valence-electron chi connectivity index (χ0n) is 16.1. The molecule has 0 atom stereocenters. The minimum Gasteiger partial charge on any atom is -0.352 e. The summed E-state index contributed by atoms with van der Waals surface area (Å²) in [4.78, 5) is 28.2. The van der Waals surface area contributed by atoms with Crippen LogP contribution in [0.1, 0.15) is 31.2 Å². The van der Waals surface area contributed by atoms with Crippen LogP contribution in [0.5, 0.6) is 0 Å². The molecule has 1 aromatic carbocycles. The topological polar surface area (TPSA) is 57.6 Å². The normalized spacial score (nSPS) is 19.4. The average Bonchev–Trinajstić information content (AvgIpc) is 3.36. The number of likely N-dealkylation sites (N-methyl/N-ethyl adjacent to an activating group) is 2. The van der Waals surface area contributed by atoms with E-state index in [1.807, 2.05) is 41.1 Å². The van der Waals surface area contributed by atoms with Gasteiger partial charge in [0.05, 0.1) is 0 Å². The van der Waals surface area contributed by atoms with Crippen molar-refractivity contribution < 1.29 is 9.59 Å². The van der Waals surface area contributed by atoms with Gasteiger partial charge in [-0.2, -0.15) is 0 Å². The number of carbonyl (C=O) groups is 2. The molecule has 1 saturated carbocycles. The lowest BCUT2D eigenvalue weighted by Crippen LogP contribution is -2.35. The number of para-hydroxylation sites is 1. The number of nitrogens with one attached hydrogen (secondary N) is 1. The summed E-state index contributed by atoms with van der Waals surface area (Å²) in [6.45, 7) is 0.266. The predicted octanol–water partition coefficient (Wildman–Crippen LogP) is 2.73. The molecule has 1 N–H and O–H groups in total. The fraction of sp³-hybridized carbons (Fsp3) is 0.381. The number of amides is 2. The number of thiocarbonyl (C=S) groups is 1. The predicted molar refractivity (Wildman–Crippen MR) is 113 cm³/mol. The highest BCUT2D eigenvalue weighted by Gasteiger charge is 2.33. The molecule has 2 aromatic rings. The van der Waals surface area contributed by atoms with Crippen LogP contribution in [0.2, 0.25) is 0 Å². The minimum atomic E-state index is -0.122. The Balaban J connectivity index is 1.65. The van der Waals surface area contributed by atoms with Gasteiger partial charge >= 0.3 is 0 Å². The number of nitrogens with zero attached hydrogens (tertiary/aromatic N) is 3. The maximum absolute atomic E-state index is 12.5. The van der Waals surface area contributed by atoms with Crippen LogP contribution in [-0.2, 0) is 16.1 Å². The number of hydrogen-bond donors (Lipinski definition) is 1. The lowest BCUT2D eigenvalue weighted by molar-refractivity contribution is -0.122. The first-order valence-electron chi connectivity index (χ1n) is 9.60. The maximum atomic E-state index is 12.5. The molecule has 1 aromatic heterocycles. The molecule has 0 spiro atoms. The minimum absolute atomic E-state index is 0.0295. The molecule has 1 saturated heterocycles. The van der Waals surface area contributed by atoms with Crippen LogP contribution in [0.3, 0.4) is 0 Å². The number of benzene rings is 1. The number of rotatable bonds is 4. The Morgan fingerprint density at radius 1 is 1.21 bits per heavy atom. The number of fused-ring (bicyclic) bond motifs is 1. The Morgan fingerprint density at radius 3 is 2.61 bits per heavy atom. The summed E-state index contributed by atoms with van der Waals surface area (Å²) < 4.78 is 1.95. The summed E-state index contributed by atoms with van der Waals surface area (Å²) in [6, 6.07) is 8.23. The van der Waals surface area contributed by atoms with Crippen LogP contribution in [0.4, 0.5) is 0 Å². The Hall–Kier alpha value is -2.67. The Bertz CT molecular complexity index is 987. The molecular formula is C21H24N4O2S. The Morgan fingerprint density at radius 2 is 1.93 bits per heavy atom. The van der Waals surface area contributed by atoms with E-state index in [0.717, 1.165) is 29.3 Å². The van der Waals surface area contributed by atoms with E-state index in [0.29, 0.717) is 16.9 Å². The lowest BCUT2D eigenvalue weighted by Gasteiger charge is -2.12. The van der Waals surface area contributed by atoms with Gasteiger partial charge in [-0.15, -0.1) is 0 Å². The lowest BCUT2D eigenvalue weighted by atomic mass is 10.1. The Kier molecular flexibility index (Phi) is 4.93. The van der Waals surface area contributed by atoms with Crippen molar-refractivity contribution in [1.82, 2.24) is 19.7 Å².